The Morgan fingerprint density at radius 1 is 1.15 bits per heavy atom. The number of nitrogens with zero attached hydrogens (tertiary/aromatic N) is 2. The molecule has 152 valence electrons. The number of hydrogen-bond acceptors (Lipinski definition) is 3. The minimum atomic E-state index is 0.169. The van der Waals surface area contributed by atoms with Gasteiger partial charge >= 0.3 is 0 Å². The first kappa shape index (κ1) is 21.7. The van der Waals surface area contributed by atoms with Crippen molar-refractivity contribution in [3.8, 4) is 0 Å². The maximum atomic E-state index is 6.10. The summed E-state index contributed by atoms with van der Waals surface area (Å²) in [5.41, 5.74) is 1.27. The van der Waals surface area contributed by atoms with Gasteiger partial charge in [0.05, 0.1) is 6.10 Å². The first-order valence-electron chi connectivity index (χ1n) is 10.4. The third-order valence-electron chi connectivity index (χ3n) is 5.32. The van der Waals surface area contributed by atoms with E-state index in [0.717, 1.165) is 38.6 Å². The van der Waals surface area contributed by atoms with Gasteiger partial charge in [0.1, 0.15) is 0 Å². The average Bonchev–Trinajstić information content (AvgIpc) is 2.67. The van der Waals surface area contributed by atoms with E-state index in [4.69, 9.17) is 4.74 Å². The molecule has 2 N–H and O–H groups in total. The predicted molar refractivity (Wildman–Crippen MR) is 114 cm³/mol. The number of rotatable bonds is 8. The fraction of sp³-hybridized carbons (Fsp3) is 0.682. The van der Waals surface area contributed by atoms with Gasteiger partial charge in [-0.25, -0.2) is 0 Å². The SMILES string of the molecule is CN=C(NCCN(C(C)C)C(C)C)NCC1CCCOC1c1ccccc1. The highest BCUT2D eigenvalue weighted by molar-refractivity contribution is 5.79. The maximum Gasteiger partial charge on any atom is 0.191 e. The van der Waals surface area contributed by atoms with Crippen molar-refractivity contribution in [2.45, 2.75) is 58.7 Å². The van der Waals surface area contributed by atoms with Crippen molar-refractivity contribution in [3.63, 3.8) is 0 Å². The topological polar surface area (TPSA) is 48.9 Å². The van der Waals surface area contributed by atoms with Crippen LogP contribution in [-0.4, -0.2) is 56.2 Å². The van der Waals surface area contributed by atoms with Crippen LogP contribution in [0.3, 0.4) is 0 Å². The molecule has 2 unspecified atom stereocenters. The smallest absolute Gasteiger partial charge is 0.191 e. The van der Waals surface area contributed by atoms with E-state index in [-0.39, 0.29) is 6.10 Å². The molecule has 1 heterocycles. The molecule has 1 aliphatic heterocycles. The second-order valence-corrected chi connectivity index (χ2v) is 7.91. The zero-order chi connectivity index (χ0) is 19.6. The van der Waals surface area contributed by atoms with Crippen LogP contribution in [0.1, 0.15) is 52.2 Å². The summed E-state index contributed by atoms with van der Waals surface area (Å²) in [6, 6.07) is 11.7. The van der Waals surface area contributed by atoms with Gasteiger partial charge in [-0.2, -0.15) is 0 Å². The van der Waals surface area contributed by atoms with Crippen LogP contribution in [0, 0.1) is 5.92 Å². The third-order valence-corrected chi connectivity index (χ3v) is 5.32. The van der Waals surface area contributed by atoms with E-state index in [0.29, 0.717) is 18.0 Å². The van der Waals surface area contributed by atoms with Crippen molar-refractivity contribution in [3.05, 3.63) is 35.9 Å². The normalized spacial score (nSPS) is 21.1. The summed E-state index contributed by atoms with van der Waals surface area (Å²) in [5, 5.41) is 6.97. The molecular weight excluding hydrogens is 336 g/mol. The van der Waals surface area contributed by atoms with Crippen LogP contribution in [0.25, 0.3) is 0 Å². The molecular formula is C22H38N4O. The van der Waals surface area contributed by atoms with Crippen LogP contribution in [0.2, 0.25) is 0 Å². The molecule has 1 saturated heterocycles. The highest BCUT2D eigenvalue weighted by Gasteiger charge is 2.27. The quantitative estimate of drug-likeness (QED) is 0.541. The molecule has 1 aliphatic rings. The zero-order valence-corrected chi connectivity index (χ0v) is 17.7. The Bertz CT molecular complexity index is 551. The van der Waals surface area contributed by atoms with Gasteiger partial charge in [0.25, 0.3) is 0 Å². The van der Waals surface area contributed by atoms with Crippen LogP contribution >= 0.6 is 0 Å². The average molecular weight is 375 g/mol. The minimum absolute atomic E-state index is 0.169. The molecule has 0 bridgehead atoms. The van der Waals surface area contributed by atoms with Crippen molar-refractivity contribution >= 4 is 5.96 Å². The van der Waals surface area contributed by atoms with Crippen LogP contribution in [0.15, 0.2) is 35.3 Å². The highest BCUT2D eigenvalue weighted by atomic mass is 16.5. The van der Waals surface area contributed by atoms with E-state index in [2.05, 4.69) is 78.6 Å². The number of hydrogen-bond donors (Lipinski definition) is 2. The van der Waals surface area contributed by atoms with Gasteiger partial charge in [-0.3, -0.25) is 9.89 Å². The second kappa shape index (κ2) is 11.3. The largest absolute Gasteiger partial charge is 0.373 e. The molecule has 1 aromatic carbocycles. The van der Waals surface area contributed by atoms with Gasteiger partial charge in [0.15, 0.2) is 5.96 Å². The summed E-state index contributed by atoms with van der Waals surface area (Å²) in [6.07, 6.45) is 2.47. The molecule has 0 spiro atoms. The Morgan fingerprint density at radius 2 is 1.85 bits per heavy atom. The van der Waals surface area contributed by atoms with Crippen molar-refractivity contribution in [2.75, 3.05) is 33.3 Å². The Balaban J connectivity index is 1.83. The Hall–Kier alpha value is -1.59. The standard InChI is InChI=1S/C22H38N4O/c1-17(2)26(18(3)4)14-13-24-22(23-5)25-16-20-12-9-15-27-21(20)19-10-7-6-8-11-19/h6-8,10-11,17-18,20-21H,9,12-16H2,1-5H3,(H2,23,24,25). The van der Waals surface area contributed by atoms with Gasteiger partial charge in [-0.1, -0.05) is 30.3 Å². The highest BCUT2D eigenvalue weighted by Crippen LogP contribution is 2.32. The lowest BCUT2D eigenvalue weighted by Crippen LogP contribution is -2.46. The summed E-state index contributed by atoms with van der Waals surface area (Å²) in [4.78, 5) is 6.88. The van der Waals surface area contributed by atoms with E-state index in [1.807, 2.05) is 7.05 Å². The predicted octanol–water partition coefficient (Wildman–Crippen LogP) is 3.44. The van der Waals surface area contributed by atoms with Gasteiger partial charge in [-0.05, 0) is 46.1 Å². The summed E-state index contributed by atoms with van der Waals surface area (Å²) in [7, 11) is 1.84. The third kappa shape index (κ3) is 6.82. The van der Waals surface area contributed by atoms with E-state index in [1.54, 1.807) is 0 Å². The summed E-state index contributed by atoms with van der Waals surface area (Å²) >= 11 is 0. The van der Waals surface area contributed by atoms with Gasteiger partial charge in [-0.15, -0.1) is 0 Å². The van der Waals surface area contributed by atoms with Crippen LogP contribution < -0.4 is 10.6 Å². The monoisotopic (exact) mass is 374 g/mol. The summed E-state index contributed by atoms with van der Waals surface area (Å²) < 4.78 is 6.10. The first-order valence-corrected chi connectivity index (χ1v) is 10.4. The lowest BCUT2D eigenvalue weighted by atomic mass is 9.89. The molecule has 27 heavy (non-hydrogen) atoms. The van der Waals surface area contributed by atoms with Gasteiger partial charge < -0.3 is 15.4 Å². The van der Waals surface area contributed by atoms with Gasteiger partial charge in [0.2, 0.25) is 0 Å². The molecule has 0 saturated carbocycles. The molecule has 5 heteroatoms. The van der Waals surface area contributed by atoms with Crippen LogP contribution in [0.5, 0.6) is 0 Å². The number of benzene rings is 1. The molecule has 1 fully saturated rings. The molecule has 1 aromatic rings. The lowest BCUT2D eigenvalue weighted by molar-refractivity contribution is -0.0265. The van der Waals surface area contributed by atoms with Crippen molar-refractivity contribution in [1.82, 2.24) is 15.5 Å². The number of ether oxygens (including phenoxy) is 1. The van der Waals surface area contributed by atoms with Crippen LogP contribution in [0.4, 0.5) is 0 Å². The fourth-order valence-electron chi connectivity index (χ4n) is 3.93. The van der Waals surface area contributed by atoms with Crippen molar-refractivity contribution in [1.29, 1.82) is 0 Å². The maximum absolute atomic E-state index is 6.10. The van der Waals surface area contributed by atoms with Crippen molar-refractivity contribution < 1.29 is 4.74 Å². The minimum Gasteiger partial charge on any atom is -0.373 e. The van der Waals surface area contributed by atoms with E-state index < -0.39 is 0 Å². The van der Waals surface area contributed by atoms with Gasteiger partial charge in [0, 0.05) is 51.3 Å². The Morgan fingerprint density at radius 3 is 2.48 bits per heavy atom. The molecule has 0 radical (unpaired) electrons. The van der Waals surface area contributed by atoms with Crippen LogP contribution in [-0.2, 0) is 4.74 Å². The summed E-state index contributed by atoms with van der Waals surface area (Å²) in [6.45, 7) is 12.6. The molecule has 2 atom stereocenters. The zero-order valence-electron chi connectivity index (χ0n) is 17.7. The summed E-state index contributed by atoms with van der Waals surface area (Å²) in [5.74, 6) is 1.34. The van der Waals surface area contributed by atoms with Crippen molar-refractivity contribution in [2.24, 2.45) is 10.9 Å². The van der Waals surface area contributed by atoms with E-state index in [9.17, 15) is 0 Å². The van der Waals surface area contributed by atoms with E-state index in [1.165, 1.54) is 12.0 Å². The second-order valence-electron chi connectivity index (χ2n) is 7.91. The molecule has 5 nitrogen and oxygen atoms in total. The number of nitrogens with one attached hydrogen (secondary N) is 2. The molecule has 0 aromatic heterocycles. The first-order chi connectivity index (χ1) is 13.0. The fourth-order valence-corrected chi connectivity index (χ4v) is 3.93. The Labute approximate surface area is 165 Å². The number of aliphatic imine (C=N–C) groups is 1. The number of guanidine groups is 1. The van der Waals surface area contributed by atoms with E-state index >= 15 is 0 Å². The molecule has 2 rings (SSSR count). The molecule has 0 aliphatic carbocycles. The lowest BCUT2D eigenvalue weighted by Gasteiger charge is -2.33. The molecule has 0 amide bonds. The Kier molecular flexibility index (Phi) is 9.08.